The maximum atomic E-state index is 12.0. The number of benzene rings is 2. The molecule has 2 N–H and O–H groups in total. The Morgan fingerprint density at radius 1 is 1.08 bits per heavy atom. The van der Waals surface area contributed by atoms with Crippen LogP contribution in [0.2, 0.25) is 10.0 Å². The molecule has 0 radical (unpaired) electrons. The number of carbonyl (C=O) groups is 2. The van der Waals surface area contributed by atoms with Crippen molar-refractivity contribution >= 4 is 46.0 Å². The molecule has 0 bridgehead atoms. The number of esters is 1. The van der Waals surface area contributed by atoms with E-state index in [1.807, 2.05) is 30.5 Å². The maximum absolute atomic E-state index is 12.0. The molecule has 1 amide bonds. The van der Waals surface area contributed by atoms with Gasteiger partial charge in [0.05, 0.1) is 15.6 Å². The van der Waals surface area contributed by atoms with Gasteiger partial charge in [0.15, 0.2) is 6.61 Å². The molecule has 1 heterocycles. The third kappa shape index (κ3) is 4.18. The molecule has 0 aliphatic heterocycles. The molecule has 0 aliphatic rings. The summed E-state index contributed by atoms with van der Waals surface area (Å²) < 4.78 is 4.98. The van der Waals surface area contributed by atoms with Crippen molar-refractivity contribution in [1.82, 2.24) is 10.3 Å². The van der Waals surface area contributed by atoms with Crippen LogP contribution in [0.3, 0.4) is 0 Å². The van der Waals surface area contributed by atoms with Crippen LogP contribution in [0.4, 0.5) is 0 Å². The van der Waals surface area contributed by atoms with Crippen molar-refractivity contribution in [3.8, 4) is 0 Å². The Bertz CT molecular complexity index is 953. The van der Waals surface area contributed by atoms with Gasteiger partial charge in [0.2, 0.25) is 0 Å². The van der Waals surface area contributed by atoms with E-state index in [2.05, 4.69) is 10.3 Å². The molecule has 0 aliphatic carbocycles. The van der Waals surface area contributed by atoms with Crippen molar-refractivity contribution in [2.75, 3.05) is 13.2 Å². The summed E-state index contributed by atoms with van der Waals surface area (Å²) in [5.74, 6) is -1.07. The number of amides is 1. The lowest BCUT2D eigenvalue weighted by molar-refractivity contribution is -0.124. The van der Waals surface area contributed by atoms with Crippen LogP contribution < -0.4 is 5.32 Å². The predicted molar refractivity (Wildman–Crippen MR) is 102 cm³/mol. The van der Waals surface area contributed by atoms with Crippen LogP contribution in [0, 0.1) is 0 Å². The quantitative estimate of drug-likeness (QED) is 0.625. The zero-order chi connectivity index (χ0) is 18.5. The summed E-state index contributed by atoms with van der Waals surface area (Å²) in [5.41, 5.74) is 2.30. The first-order chi connectivity index (χ1) is 12.6. The number of para-hydroxylation sites is 1. The molecule has 0 spiro atoms. The third-order valence-corrected chi connectivity index (χ3v) is 4.72. The van der Waals surface area contributed by atoms with Gasteiger partial charge in [0, 0.05) is 23.6 Å². The van der Waals surface area contributed by atoms with Crippen LogP contribution >= 0.6 is 23.2 Å². The number of halogens is 2. The average molecular weight is 391 g/mol. The van der Waals surface area contributed by atoms with E-state index in [0.29, 0.717) is 13.0 Å². The fourth-order valence-corrected chi connectivity index (χ4v) is 2.97. The van der Waals surface area contributed by atoms with Crippen LogP contribution in [0.25, 0.3) is 10.9 Å². The molecule has 0 saturated heterocycles. The van der Waals surface area contributed by atoms with E-state index in [1.165, 1.54) is 6.07 Å². The average Bonchev–Trinajstić information content (AvgIpc) is 3.05. The zero-order valence-electron chi connectivity index (χ0n) is 13.7. The van der Waals surface area contributed by atoms with Gasteiger partial charge in [-0.2, -0.15) is 0 Å². The van der Waals surface area contributed by atoms with Gasteiger partial charge >= 0.3 is 5.97 Å². The van der Waals surface area contributed by atoms with Crippen molar-refractivity contribution in [3.63, 3.8) is 0 Å². The van der Waals surface area contributed by atoms with Crippen LogP contribution in [0.15, 0.2) is 48.7 Å². The van der Waals surface area contributed by atoms with E-state index in [0.717, 1.165) is 16.5 Å². The summed E-state index contributed by atoms with van der Waals surface area (Å²) in [6, 6.07) is 12.6. The Kier molecular flexibility index (Phi) is 5.81. The minimum Gasteiger partial charge on any atom is -0.452 e. The first-order valence-corrected chi connectivity index (χ1v) is 8.74. The van der Waals surface area contributed by atoms with E-state index in [9.17, 15) is 9.59 Å². The number of fused-ring (bicyclic) bond motifs is 1. The van der Waals surface area contributed by atoms with Gasteiger partial charge in [-0.1, -0.05) is 47.5 Å². The van der Waals surface area contributed by atoms with Gasteiger partial charge < -0.3 is 15.0 Å². The van der Waals surface area contributed by atoms with Gasteiger partial charge in [-0.25, -0.2) is 4.79 Å². The molecule has 26 heavy (non-hydrogen) atoms. The summed E-state index contributed by atoms with van der Waals surface area (Å²) in [6.07, 6.45) is 2.60. The van der Waals surface area contributed by atoms with Crippen molar-refractivity contribution in [2.24, 2.45) is 0 Å². The number of nitrogens with one attached hydrogen (secondary N) is 2. The van der Waals surface area contributed by atoms with Gasteiger partial charge in [-0.05, 0) is 30.2 Å². The maximum Gasteiger partial charge on any atom is 0.340 e. The number of rotatable bonds is 6. The Balaban J connectivity index is 1.47. The smallest absolute Gasteiger partial charge is 0.340 e. The first-order valence-electron chi connectivity index (χ1n) is 7.99. The molecule has 3 aromatic rings. The van der Waals surface area contributed by atoms with E-state index >= 15 is 0 Å². The number of aromatic amines is 1. The molecule has 0 saturated carbocycles. The highest BCUT2D eigenvalue weighted by molar-refractivity contribution is 6.43. The molecule has 5 nitrogen and oxygen atoms in total. The zero-order valence-corrected chi connectivity index (χ0v) is 15.2. The van der Waals surface area contributed by atoms with Gasteiger partial charge in [-0.3, -0.25) is 4.79 Å². The second-order valence-electron chi connectivity index (χ2n) is 5.64. The molecule has 7 heteroatoms. The fourth-order valence-electron chi connectivity index (χ4n) is 2.60. The summed E-state index contributed by atoms with van der Waals surface area (Å²) in [4.78, 5) is 27.0. The summed E-state index contributed by atoms with van der Waals surface area (Å²) in [5, 5.41) is 4.22. The highest BCUT2D eigenvalue weighted by Crippen LogP contribution is 2.26. The lowest BCUT2D eigenvalue weighted by Crippen LogP contribution is -2.30. The number of aromatic nitrogens is 1. The Hall–Kier alpha value is -2.50. The van der Waals surface area contributed by atoms with Crippen molar-refractivity contribution in [1.29, 1.82) is 0 Å². The Morgan fingerprint density at radius 2 is 1.88 bits per heavy atom. The van der Waals surface area contributed by atoms with E-state index in [4.69, 9.17) is 27.9 Å². The number of H-pyrrole nitrogens is 1. The summed E-state index contributed by atoms with van der Waals surface area (Å²) in [7, 11) is 0. The Morgan fingerprint density at radius 3 is 2.73 bits per heavy atom. The van der Waals surface area contributed by atoms with E-state index in [-0.39, 0.29) is 28.1 Å². The Labute approximate surface area is 160 Å². The standard InChI is InChI=1S/C19H16Cl2N2O3/c20-15-6-3-5-14(18(15)21)19(25)26-11-17(24)22-9-8-12-10-23-16-7-2-1-4-13(12)16/h1-7,10,23H,8-9,11H2,(H,22,24). The van der Waals surface area contributed by atoms with Gasteiger partial charge in [0.25, 0.3) is 5.91 Å². The third-order valence-electron chi connectivity index (χ3n) is 3.90. The molecule has 0 atom stereocenters. The first kappa shape index (κ1) is 18.3. The highest BCUT2D eigenvalue weighted by Gasteiger charge is 2.15. The van der Waals surface area contributed by atoms with Gasteiger partial charge in [0.1, 0.15) is 0 Å². The second kappa shape index (κ2) is 8.25. The fraction of sp³-hybridized carbons (Fsp3) is 0.158. The molecular formula is C19H16Cl2N2O3. The normalized spacial score (nSPS) is 10.7. The second-order valence-corrected chi connectivity index (χ2v) is 6.42. The molecule has 0 unspecified atom stereocenters. The molecule has 2 aromatic carbocycles. The van der Waals surface area contributed by atoms with Crippen molar-refractivity contribution in [3.05, 3.63) is 69.8 Å². The SMILES string of the molecule is O=C(COC(=O)c1cccc(Cl)c1Cl)NCCc1c[nH]c2ccccc12. The highest BCUT2D eigenvalue weighted by atomic mass is 35.5. The van der Waals surface area contributed by atoms with Crippen LogP contribution in [-0.4, -0.2) is 30.0 Å². The predicted octanol–water partition coefficient (Wildman–Crippen LogP) is 3.99. The number of carbonyl (C=O) groups excluding carboxylic acids is 2. The lowest BCUT2D eigenvalue weighted by Gasteiger charge is -2.08. The van der Waals surface area contributed by atoms with E-state index < -0.39 is 5.97 Å². The van der Waals surface area contributed by atoms with Crippen LogP contribution in [0.1, 0.15) is 15.9 Å². The molecule has 0 fully saturated rings. The minimum atomic E-state index is -0.690. The van der Waals surface area contributed by atoms with Crippen LogP contribution in [0.5, 0.6) is 0 Å². The summed E-state index contributed by atoms with van der Waals surface area (Å²) in [6.45, 7) is 0.0612. The van der Waals surface area contributed by atoms with Crippen molar-refractivity contribution < 1.29 is 14.3 Å². The molecule has 3 rings (SSSR count). The van der Waals surface area contributed by atoms with Gasteiger partial charge in [-0.15, -0.1) is 0 Å². The molecule has 1 aromatic heterocycles. The molecular weight excluding hydrogens is 375 g/mol. The molecule has 134 valence electrons. The van der Waals surface area contributed by atoms with Crippen molar-refractivity contribution in [2.45, 2.75) is 6.42 Å². The number of ether oxygens (including phenoxy) is 1. The minimum absolute atomic E-state index is 0.110. The number of hydrogen-bond donors (Lipinski definition) is 2. The lowest BCUT2D eigenvalue weighted by atomic mass is 10.1. The monoisotopic (exact) mass is 390 g/mol. The largest absolute Gasteiger partial charge is 0.452 e. The summed E-state index contributed by atoms with van der Waals surface area (Å²) >= 11 is 11.8. The number of hydrogen-bond acceptors (Lipinski definition) is 3. The van der Waals surface area contributed by atoms with E-state index in [1.54, 1.807) is 12.1 Å². The topological polar surface area (TPSA) is 71.2 Å². The van der Waals surface area contributed by atoms with Crippen LogP contribution in [-0.2, 0) is 16.0 Å².